The summed E-state index contributed by atoms with van der Waals surface area (Å²) in [6.45, 7) is 3.70. The van der Waals surface area contributed by atoms with Crippen molar-refractivity contribution in [3.05, 3.63) is 63.1 Å². The molecule has 1 saturated heterocycles. The van der Waals surface area contributed by atoms with Crippen LogP contribution in [0.1, 0.15) is 33.8 Å². The Balaban J connectivity index is 1.82. The van der Waals surface area contributed by atoms with Gasteiger partial charge in [0.25, 0.3) is 0 Å². The maximum absolute atomic E-state index is 11.2. The summed E-state index contributed by atoms with van der Waals surface area (Å²) in [7, 11) is 0. The molecule has 0 amide bonds. The molecule has 1 aliphatic heterocycles. The van der Waals surface area contributed by atoms with E-state index in [4.69, 9.17) is 23.2 Å². The maximum Gasteiger partial charge on any atom is 0.335 e. The van der Waals surface area contributed by atoms with Gasteiger partial charge in [0.2, 0.25) is 0 Å². The quantitative estimate of drug-likeness (QED) is 0.847. The zero-order chi connectivity index (χ0) is 16.6. The largest absolute Gasteiger partial charge is 0.478 e. The number of rotatable bonds is 3. The minimum atomic E-state index is -0.880. The van der Waals surface area contributed by atoms with E-state index in [1.807, 2.05) is 25.1 Å². The number of benzene rings is 2. The fourth-order valence-electron chi connectivity index (χ4n) is 3.12. The van der Waals surface area contributed by atoms with E-state index in [0.717, 1.165) is 36.3 Å². The van der Waals surface area contributed by atoms with Crippen LogP contribution in [-0.4, -0.2) is 24.2 Å². The predicted molar refractivity (Wildman–Crippen MR) is 94.2 cm³/mol. The molecule has 1 unspecified atom stereocenters. The lowest BCUT2D eigenvalue weighted by Gasteiger charge is -2.19. The third kappa shape index (κ3) is 3.46. The van der Waals surface area contributed by atoms with Crippen LogP contribution in [0.25, 0.3) is 0 Å². The Kier molecular flexibility index (Phi) is 4.51. The lowest BCUT2D eigenvalue weighted by atomic mass is 9.94. The van der Waals surface area contributed by atoms with Gasteiger partial charge in [-0.1, -0.05) is 29.3 Å². The number of aryl methyl sites for hydroxylation is 1. The summed E-state index contributed by atoms with van der Waals surface area (Å²) in [5.41, 5.74) is 3.47. The van der Waals surface area contributed by atoms with Gasteiger partial charge in [-0.05, 0) is 54.8 Å². The highest BCUT2D eigenvalue weighted by Gasteiger charge is 2.25. The highest BCUT2D eigenvalue weighted by Crippen LogP contribution is 2.34. The standard InChI is InChI=1S/C18H17Cl2NO2/c1-11-6-13(8-14(7-11)18(22)23)12-4-5-21(10-12)15-2-3-16(19)17(20)9-15/h2-3,6-9,12H,4-5,10H2,1H3,(H,22,23). The molecule has 23 heavy (non-hydrogen) atoms. The van der Waals surface area contributed by atoms with Crippen LogP contribution in [-0.2, 0) is 0 Å². The van der Waals surface area contributed by atoms with Crippen LogP contribution in [0.15, 0.2) is 36.4 Å². The van der Waals surface area contributed by atoms with E-state index in [9.17, 15) is 9.90 Å². The summed E-state index contributed by atoms with van der Waals surface area (Å²) in [5, 5.41) is 10.3. The minimum Gasteiger partial charge on any atom is -0.478 e. The molecular weight excluding hydrogens is 333 g/mol. The second kappa shape index (κ2) is 6.42. The van der Waals surface area contributed by atoms with Crippen molar-refractivity contribution in [2.75, 3.05) is 18.0 Å². The maximum atomic E-state index is 11.2. The number of nitrogens with zero attached hydrogens (tertiary/aromatic N) is 1. The lowest BCUT2D eigenvalue weighted by Crippen LogP contribution is -2.19. The number of hydrogen-bond donors (Lipinski definition) is 1. The first-order valence-corrected chi connectivity index (χ1v) is 8.24. The number of carboxylic acid groups (broad SMARTS) is 1. The topological polar surface area (TPSA) is 40.5 Å². The minimum absolute atomic E-state index is 0.322. The number of halogens is 2. The SMILES string of the molecule is Cc1cc(C(=O)O)cc(C2CCN(c3ccc(Cl)c(Cl)c3)C2)c1. The van der Waals surface area contributed by atoms with Crippen LogP contribution in [0.4, 0.5) is 5.69 Å². The molecular formula is C18H17Cl2NO2. The Bertz CT molecular complexity index is 761. The molecule has 0 spiro atoms. The Hall–Kier alpha value is -1.71. The molecule has 0 saturated carbocycles. The molecule has 1 fully saturated rings. The average Bonchev–Trinajstić information content (AvgIpc) is 2.99. The molecule has 5 heteroatoms. The van der Waals surface area contributed by atoms with Crippen molar-refractivity contribution < 1.29 is 9.90 Å². The first-order chi connectivity index (χ1) is 10.9. The summed E-state index contributed by atoms with van der Waals surface area (Å²) in [5.74, 6) is -0.559. The van der Waals surface area contributed by atoms with E-state index in [1.165, 1.54) is 0 Å². The molecule has 0 bridgehead atoms. The van der Waals surface area contributed by atoms with Crippen molar-refractivity contribution in [3.63, 3.8) is 0 Å². The van der Waals surface area contributed by atoms with E-state index in [2.05, 4.69) is 11.0 Å². The van der Waals surface area contributed by atoms with Gasteiger partial charge in [0.05, 0.1) is 15.6 Å². The van der Waals surface area contributed by atoms with Crippen LogP contribution in [0.2, 0.25) is 10.0 Å². The molecule has 1 aliphatic rings. The highest BCUT2D eigenvalue weighted by molar-refractivity contribution is 6.42. The fraction of sp³-hybridized carbons (Fsp3) is 0.278. The van der Waals surface area contributed by atoms with Crippen LogP contribution in [0, 0.1) is 6.92 Å². The molecule has 2 aromatic rings. The second-order valence-electron chi connectivity index (χ2n) is 5.97. The molecule has 0 aliphatic carbocycles. The average molecular weight is 350 g/mol. The van der Waals surface area contributed by atoms with Crippen molar-refractivity contribution >= 4 is 34.9 Å². The summed E-state index contributed by atoms with van der Waals surface area (Å²) in [6, 6.07) is 11.2. The first kappa shape index (κ1) is 16.2. The Morgan fingerprint density at radius 1 is 1.17 bits per heavy atom. The predicted octanol–water partition coefficient (Wildman–Crippen LogP) is 4.99. The molecule has 2 aromatic carbocycles. The smallest absolute Gasteiger partial charge is 0.335 e. The van der Waals surface area contributed by atoms with Crippen molar-refractivity contribution in [3.8, 4) is 0 Å². The molecule has 0 radical (unpaired) electrons. The third-order valence-corrected chi connectivity index (χ3v) is 5.01. The van der Waals surface area contributed by atoms with Crippen LogP contribution in [0.3, 0.4) is 0 Å². The molecule has 1 N–H and O–H groups in total. The number of anilines is 1. The van der Waals surface area contributed by atoms with Gasteiger partial charge < -0.3 is 10.0 Å². The molecule has 3 rings (SSSR count). The number of aromatic carboxylic acids is 1. The third-order valence-electron chi connectivity index (χ3n) is 4.27. The van der Waals surface area contributed by atoms with Crippen molar-refractivity contribution in [2.24, 2.45) is 0 Å². The monoisotopic (exact) mass is 349 g/mol. The van der Waals surface area contributed by atoms with Gasteiger partial charge in [-0.2, -0.15) is 0 Å². The van der Waals surface area contributed by atoms with Gasteiger partial charge in [0.15, 0.2) is 0 Å². The summed E-state index contributed by atoms with van der Waals surface area (Å²) >= 11 is 12.1. The molecule has 120 valence electrons. The van der Waals surface area contributed by atoms with Gasteiger partial charge in [-0.3, -0.25) is 0 Å². The fourth-order valence-corrected chi connectivity index (χ4v) is 3.41. The summed E-state index contributed by atoms with van der Waals surface area (Å²) < 4.78 is 0. The van der Waals surface area contributed by atoms with Crippen LogP contribution in [0.5, 0.6) is 0 Å². The van der Waals surface area contributed by atoms with Gasteiger partial charge >= 0.3 is 5.97 Å². The second-order valence-corrected chi connectivity index (χ2v) is 6.78. The first-order valence-electron chi connectivity index (χ1n) is 7.49. The van der Waals surface area contributed by atoms with Gasteiger partial charge in [-0.25, -0.2) is 4.79 Å². The number of hydrogen-bond acceptors (Lipinski definition) is 2. The number of carbonyl (C=O) groups is 1. The zero-order valence-electron chi connectivity index (χ0n) is 12.7. The normalized spacial score (nSPS) is 17.5. The van der Waals surface area contributed by atoms with Gasteiger partial charge in [0.1, 0.15) is 0 Å². The van der Waals surface area contributed by atoms with Crippen molar-refractivity contribution in [2.45, 2.75) is 19.3 Å². The Morgan fingerprint density at radius 3 is 2.65 bits per heavy atom. The van der Waals surface area contributed by atoms with E-state index in [0.29, 0.717) is 21.5 Å². The zero-order valence-corrected chi connectivity index (χ0v) is 14.2. The van der Waals surface area contributed by atoms with Crippen LogP contribution < -0.4 is 4.90 Å². The van der Waals surface area contributed by atoms with E-state index in [1.54, 1.807) is 12.1 Å². The number of carboxylic acids is 1. The Labute approximate surface area is 145 Å². The van der Waals surface area contributed by atoms with Crippen molar-refractivity contribution in [1.82, 2.24) is 0 Å². The van der Waals surface area contributed by atoms with E-state index in [-0.39, 0.29) is 0 Å². The van der Waals surface area contributed by atoms with Crippen LogP contribution >= 0.6 is 23.2 Å². The van der Waals surface area contributed by atoms with E-state index < -0.39 is 5.97 Å². The van der Waals surface area contributed by atoms with Crippen molar-refractivity contribution in [1.29, 1.82) is 0 Å². The van der Waals surface area contributed by atoms with Gasteiger partial charge in [0, 0.05) is 24.7 Å². The summed E-state index contributed by atoms with van der Waals surface area (Å²) in [4.78, 5) is 13.5. The molecule has 1 atom stereocenters. The molecule has 0 aromatic heterocycles. The van der Waals surface area contributed by atoms with E-state index >= 15 is 0 Å². The highest BCUT2D eigenvalue weighted by atomic mass is 35.5. The molecule has 1 heterocycles. The molecule has 3 nitrogen and oxygen atoms in total. The lowest BCUT2D eigenvalue weighted by molar-refractivity contribution is 0.0696. The van der Waals surface area contributed by atoms with Gasteiger partial charge in [-0.15, -0.1) is 0 Å². The summed E-state index contributed by atoms with van der Waals surface area (Å²) in [6.07, 6.45) is 0.989. The Morgan fingerprint density at radius 2 is 1.96 bits per heavy atom.